The van der Waals surface area contributed by atoms with Crippen molar-refractivity contribution in [1.29, 1.82) is 0 Å². The van der Waals surface area contributed by atoms with Crippen molar-refractivity contribution in [2.24, 2.45) is 0 Å². The molecule has 0 aromatic heterocycles. The Labute approximate surface area is 70.4 Å². The number of amides is 1. The van der Waals surface area contributed by atoms with Crippen molar-refractivity contribution in [1.82, 2.24) is 4.90 Å². The maximum absolute atomic E-state index is 11.1. The van der Waals surface area contributed by atoms with Gasteiger partial charge in [0.1, 0.15) is 0 Å². The molecule has 0 aliphatic carbocycles. The van der Waals surface area contributed by atoms with E-state index in [0.29, 0.717) is 19.1 Å². The molecule has 0 radical (unpaired) electrons. The van der Waals surface area contributed by atoms with Gasteiger partial charge in [-0.1, -0.05) is 0 Å². The van der Waals surface area contributed by atoms with Crippen molar-refractivity contribution in [3.8, 4) is 0 Å². The second kappa shape index (κ2) is 4.04. The van der Waals surface area contributed by atoms with Gasteiger partial charge in [-0.25, -0.2) is 0 Å². The van der Waals surface area contributed by atoms with E-state index in [-0.39, 0.29) is 0 Å². The summed E-state index contributed by atoms with van der Waals surface area (Å²) in [6.07, 6.45) is 0. The Morgan fingerprint density at radius 2 is 2.10 bits per heavy atom. The number of hydrogen-bond acceptors (Lipinski definition) is 2. The fourth-order valence-electron chi connectivity index (χ4n) is 0.971. The van der Waals surface area contributed by atoms with E-state index < -0.39 is 0 Å². The van der Waals surface area contributed by atoms with Crippen LogP contribution in [0.3, 0.4) is 0 Å². The van der Waals surface area contributed by atoms with E-state index >= 15 is 0 Å². The third kappa shape index (κ3) is 2.03. The second-order valence-electron chi connectivity index (χ2n) is 2.24. The molecule has 1 heterocycles. The average Bonchev–Trinajstić information content (AvgIpc) is 2.05. The molecule has 3 nitrogen and oxygen atoms in total. The number of carbonyl (C=O) groups is 1. The van der Waals surface area contributed by atoms with Crippen LogP contribution in [-0.2, 0) is 27.8 Å². The Hall–Kier alpha value is 0.0534. The van der Waals surface area contributed by atoms with Crippen molar-refractivity contribution in [3.05, 3.63) is 0 Å². The summed E-state index contributed by atoms with van der Waals surface area (Å²) in [5.74, 6) is 0.295. The van der Waals surface area contributed by atoms with Crippen LogP contribution in [0.15, 0.2) is 0 Å². The van der Waals surface area contributed by atoms with Crippen molar-refractivity contribution in [3.63, 3.8) is 0 Å². The fourth-order valence-corrected chi connectivity index (χ4v) is 1.63. The first-order valence-electron chi connectivity index (χ1n) is 3.49. The van der Waals surface area contributed by atoms with Crippen LogP contribution in [-0.4, -0.2) is 37.1 Å². The van der Waals surface area contributed by atoms with Gasteiger partial charge in [0.25, 0.3) is 0 Å². The molecule has 1 aliphatic heterocycles. The van der Waals surface area contributed by atoms with Crippen molar-refractivity contribution in [2.75, 3.05) is 26.3 Å². The molecule has 0 aromatic carbocycles. The van der Waals surface area contributed by atoms with E-state index in [0.717, 1.165) is 36.4 Å². The molecular weight excluding hydrogens is 183 g/mol. The molecule has 53 valence electrons. The van der Waals surface area contributed by atoms with Crippen LogP contribution >= 0.6 is 0 Å². The van der Waals surface area contributed by atoms with Gasteiger partial charge >= 0.3 is 70.0 Å². The first kappa shape index (κ1) is 8.15. The zero-order valence-electron chi connectivity index (χ0n) is 6.01. The van der Waals surface area contributed by atoms with E-state index in [1.54, 1.807) is 0 Å². The summed E-state index contributed by atoms with van der Waals surface area (Å²) >= 11 is 1.07. The summed E-state index contributed by atoms with van der Waals surface area (Å²) in [6, 6.07) is 0. The molecule has 0 unspecified atom stereocenters. The van der Waals surface area contributed by atoms with E-state index in [4.69, 9.17) is 4.74 Å². The van der Waals surface area contributed by atoms with Crippen LogP contribution in [0.1, 0.15) is 0 Å². The van der Waals surface area contributed by atoms with Gasteiger partial charge in [0.2, 0.25) is 0 Å². The van der Waals surface area contributed by atoms with E-state index in [1.165, 1.54) is 0 Å². The normalized spacial score (nSPS) is 19.2. The topological polar surface area (TPSA) is 29.5 Å². The Balaban J connectivity index is 2.31. The third-order valence-corrected chi connectivity index (χ3v) is 2.48. The number of morpholine rings is 1. The summed E-state index contributed by atoms with van der Waals surface area (Å²) in [7, 11) is 0. The molecule has 0 spiro atoms. The molecule has 0 N–H and O–H groups in total. The monoisotopic (exact) mass is 192 g/mol. The number of nitrogens with zero attached hydrogens (tertiary/aromatic N) is 1. The summed E-state index contributed by atoms with van der Waals surface area (Å²) in [4.78, 5) is 13.0. The molecule has 0 saturated carbocycles. The number of rotatable bonds is 1. The first-order chi connectivity index (χ1) is 4.84. The molecule has 0 aromatic rings. The summed E-state index contributed by atoms with van der Waals surface area (Å²) in [6.45, 7) is 3.01. The standard InChI is InChI=1S/C6H10NO2.Zn/c1-6(8)7-2-4-9-5-3-7;/h1-5H2;. The second-order valence-corrected chi connectivity index (χ2v) is 3.29. The van der Waals surface area contributed by atoms with Gasteiger partial charge in [-0.3, -0.25) is 0 Å². The Bertz CT molecular complexity index is 123. The van der Waals surface area contributed by atoms with Crippen LogP contribution in [0.4, 0.5) is 0 Å². The average molecular weight is 194 g/mol. The minimum absolute atomic E-state index is 0.295. The predicted octanol–water partition coefficient (Wildman–Crippen LogP) is -0.190. The fraction of sp³-hybridized carbons (Fsp3) is 0.833. The molecule has 4 heteroatoms. The Kier molecular flexibility index (Phi) is 3.30. The molecule has 1 fully saturated rings. The zero-order chi connectivity index (χ0) is 7.40. The number of carbonyl (C=O) groups excluding carboxylic acids is 1. The van der Waals surface area contributed by atoms with Crippen LogP contribution in [0.5, 0.6) is 0 Å². The Morgan fingerprint density at radius 1 is 1.50 bits per heavy atom. The van der Waals surface area contributed by atoms with Gasteiger partial charge in [0.05, 0.1) is 0 Å². The van der Waals surface area contributed by atoms with Crippen molar-refractivity contribution < 1.29 is 27.8 Å². The molecular formula is C6H10NO2Zn. The van der Waals surface area contributed by atoms with E-state index in [9.17, 15) is 4.79 Å². The number of ether oxygens (including phenoxy) is 1. The third-order valence-electron chi connectivity index (χ3n) is 1.58. The van der Waals surface area contributed by atoms with Crippen LogP contribution in [0.2, 0.25) is 5.02 Å². The quantitative estimate of drug-likeness (QED) is 0.541. The van der Waals surface area contributed by atoms with E-state index in [2.05, 4.69) is 0 Å². The zero-order valence-corrected chi connectivity index (χ0v) is 8.97. The molecule has 1 saturated heterocycles. The SMILES string of the molecule is O=C([CH2][Zn])N1CCOCC1. The van der Waals surface area contributed by atoms with Crippen LogP contribution < -0.4 is 0 Å². The van der Waals surface area contributed by atoms with Crippen molar-refractivity contribution in [2.45, 2.75) is 5.02 Å². The molecule has 0 atom stereocenters. The Morgan fingerprint density at radius 3 is 2.60 bits per heavy atom. The molecule has 1 rings (SSSR count). The number of hydrogen-bond donors (Lipinski definition) is 0. The summed E-state index contributed by atoms with van der Waals surface area (Å²) in [5.41, 5.74) is 0. The predicted molar refractivity (Wildman–Crippen MR) is 32.2 cm³/mol. The summed E-state index contributed by atoms with van der Waals surface area (Å²) < 4.78 is 5.11. The first-order valence-corrected chi connectivity index (χ1v) is 5.59. The van der Waals surface area contributed by atoms with Gasteiger partial charge in [-0.15, -0.1) is 0 Å². The minimum atomic E-state index is 0.295. The van der Waals surface area contributed by atoms with Gasteiger partial charge in [-0.05, 0) is 0 Å². The van der Waals surface area contributed by atoms with Gasteiger partial charge in [0.15, 0.2) is 0 Å². The van der Waals surface area contributed by atoms with E-state index in [1.807, 2.05) is 4.90 Å². The molecule has 1 amide bonds. The van der Waals surface area contributed by atoms with Crippen molar-refractivity contribution >= 4 is 5.91 Å². The van der Waals surface area contributed by atoms with Crippen LogP contribution in [0.25, 0.3) is 0 Å². The molecule has 1 aliphatic rings. The van der Waals surface area contributed by atoms with Gasteiger partial charge in [0, 0.05) is 0 Å². The van der Waals surface area contributed by atoms with Gasteiger partial charge < -0.3 is 0 Å². The molecule has 10 heavy (non-hydrogen) atoms. The maximum atomic E-state index is 11.1. The van der Waals surface area contributed by atoms with Crippen LogP contribution in [0, 0.1) is 0 Å². The van der Waals surface area contributed by atoms with Gasteiger partial charge in [-0.2, -0.15) is 0 Å². The summed E-state index contributed by atoms with van der Waals surface area (Å²) in [5, 5.41) is 0.736. The molecule has 0 bridgehead atoms.